The minimum atomic E-state index is 0.457. The first-order valence-electron chi connectivity index (χ1n) is 18.1. The summed E-state index contributed by atoms with van der Waals surface area (Å²) in [6.07, 6.45) is 0. The first kappa shape index (κ1) is 32.3. The highest BCUT2D eigenvalue weighted by molar-refractivity contribution is 6.12. The maximum atomic E-state index is 10.8. The lowest BCUT2D eigenvalue weighted by Crippen LogP contribution is -2.07. The highest BCUT2D eigenvalue weighted by atomic mass is 15.0. The Balaban J connectivity index is 1.42. The fraction of sp³-hybridized carbons (Fsp3) is 0. The summed E-state index contributed by atoms with van der Waals surface area (Å²) < 4.78 is 4.36. The van der Waals surface area contributed by atoms with Crippen LogP contribution in [0.15, 0.2) is 164 Å². The maximum Gasteiger partial charge on any atom is 0.160 e. The SMILES string of the molecule is N#Cc1cc(-n2c3ccccc3c3cc(C#N)ccc32)c(-c2cc(-c3ccccc3)nc(-c3ccccc3)n2)c(-n2c3ccccc3c3cc(C#N)ccc32)c1. The number of aromatic nitrogens is 4. The van der Waals surface area contributed by atoms with Gasteiger partial charge in [0, 0.05) is 38.2 Å². The van der Waals surface area contributed by atoms with Gasteiger partial charge in [-0.05, 0) is 66.7 Å². The van der Waals surface area contributed by atoms with Gasteiger partial charge in [-0.25, -0.2) is 9.97 Å². The zero-order valence-electron chi connectivity index (χ0n) is 29.7. The lowest BCUT2D eigenvalue weighted by molar-refractivity contribution is 1.11. The van der Waals surface area contributed by atoms with Crippen LogP contribution in [0.2, 0.25) is 0 Å². The normalized spacial score (nSPS) is 11.2. The van der Waals surface area contributed by atoms with Crippen molar-refractivity contribution in [2.75, 3.05) is 0 Å². The largest absolute Gasteiger partial charge is 0.308 e. The second-order valence-corrected chi connectivity index (χ2v) is 13.6. The molecule has 0 fully saturated rings. The van der Waals surface area contributed by atoms with Gasteiger partial charge < -0.3 is 9.13 Å². The fourth-order valence-corrected chi connectivity index (χ4v) is 7.94. The molecule has 0 saturated carbocycles. The van der Waals surface area contributed by atoms with Gasteiger partial charge in [0.1, 0.15) is 0 Å². The van der Waals surface area contributed by atoms with Crippen molar-refractivity contribution in [3.63, 3.8) is 0 Å². The van der Waals surface area contributed by atoms with Crippen LogP contribution in [0.1, 0.15) is 16.7 Å². The number of para-hydroxylation sites is 2. The quantitative estimate of drug-likeness (QED) is 0.176. The van der Waals surface area contributed by atoms with E-state index in [-0.39, 0.29) is 0 Å². The van der Waals surface area contributed by atoms with Gasteiger partial charge >= 0.3 is 0 Å². The first-order valence-corrected chi connectivity index (χ1v) is 18.1. The van der Waals surface area contributed by atoms with Crippen molar-refractivity contribution in [2.45, 2.75) is 0 Å². The Morgan fingerprint density at radius 2 is 0.821 bits per heavy atom. The topological polar surface area (TPSA) is 107 Å². The Kier molecular flexibility index (Phi) is 7.49. The van der Waals surface area contributed by atoms with E-state index in [0.29, 0.717) is 28.2 Å². The van der Waals surface area contributed by atoms with Gasteiger partial charge in [0.15, 0.2) is 5.82 Å². The summed E-state index contributed by atoms with van der Waals surface area (Å²) in [5.74, 6) is 0.560. The Bertz CT molecular complexity index is 3120. The summed E-state index contributed by atoms with van der Waals surface area (Å²) in [7, 11) is 0. The molecule has 0 amide bonds. The van der Waals surface area contributed by atoms with Crippen LogP contribution in [-0.4, -0.2) is 19.1 Å². The van der Waals surface area contributed by atoms with E-state index < -0.39 is 0 Å². The molecule has 10 aromatic rings. The Morgan fingerprint density at radius 1 is 0.375 bits per heavy atom. The van der Waals surface area contributed by atoms with Crippen LogP contribution in [0.25, 0.3) is 88.9 Å². The van der Waals surface area contributed by atoms with E-state index in [0.717, 1.165) is 77.4 Å². The zero-order valence-corrected chi connectivity index (χ0v) is 29.7. The van der Waals surface area contributed by atoms with E-state index in [2.05, 4.69) is 51.6 Å². The molecule has 56 heavy (non-hydrogen) atoms. The van der Waals surface area contributed by atoms with E-state index >= 15 is 0 Å². The molecule has 7 aromatic carbocycles. The molecule has 0 radical (unpaired) electrons. The Hall–Kier alpha value is -8.31. The third-order valence-corrected chi connectivity index (χ3v) is 10.4. The van der Waals surface area contributed by atoms with E-state index in [4.69, 9.17) is 9.97 Å². The molecule has 7 nitrogen and oxygen atoms in total. The molecule has 0 N–H and O–H groups in total. The maximum absolute atomic E-state index is 10.8. The van der Waals surface area contributed by atoms with Gasteiger partial charge in [0.05, 0.1) is 79.7 Å². The molecule has 0 saturated heterocycles. The molecule has 258 valence electrons. The fourth-order valence-electron chi connectivity index (χ4n) is 7.94. The third kappa shape index (κ3) is 5.11. The lowest BCUT2D eigenvalue weighted by Gasteiger charge is -2.21. The highest BCUT2D eigenvalue weighted by Gasteiger charge is 2.25. The average Bonchev–Trinajstić information content (AvgIpc) is 3.78. The van der Waals surface area contributed by atoms with Crippen LogP contribution < -0.4 is 0 Å². The monoisotopic (exact) mass is 713 g/mol. The number of hydrogen-bond acceptors (Lipinski definition) is 5. The lowest BCUT2D eigenvalue weighted by atomic mass is 10.00. The molecular weight excluding hydrogens is 687 g/mol. The number of hydrogen-bond donors (Lipinski definition) is 0. The van der Waals surface area contributed by atoms with Gasteiger partial charge in [-0.3, -0.25) is 0 Å². The summed E-state index contributed by atoms with van der Waals surface area (Å²) >= 11 is 0. The molecule has 0 atom stereocenters. The van der Waals surface area contributed by atoms with Crippen molar-refractivity contribution in [1.82, 2.24) is 19.1 Å². The van der Waals surface area contributed by atoms with Gasteiger partial charge in [0.25, 0.3) is 0 Å². The van der Waals surface area contributed by atoms with E-state index in [1.807, 2.05) is 140 Å². The smallest absolute Gasteiger partial charge is 0.160 e. The minimum absolute atomic E-state index is 0.457. The number of benzene rings is 7. The molecule has 0 aliphatic heterocycles. The minimum Gasteiger partial charge on any atom is -0.308 e. The second kappa shape index (κ2) is 13.0. The Labute approximate surface area is 321 Å². The number of nitrogens with zero attached hydrogens (tertiary/aromatic N) is 7. The van der Waals surface area contributed by atoms with Crippen LogP contribution in [-0.2, 0) is 0 Å². The molecular formula is C49H27N7. The van der Waals surface area contributed by atoms with Gasteiger partial charge in [-0.15, -0.1) is 0 Å². The molecule has 0 aliphatic carbocycles. The van der Waals surface area contributed by atoms with Crippen molar-refractivity contribution < 1.29 is 0 Å². The predicted octanol–water partition coefficient (Wildman–Crippen LogP) is 11.3. The van der Waals surface area contributed by atoms with Crippen molar-refractivity contribution in [3.05, 3.63) is 180 Å². The second-order valence-electron chi connectivity index (χ2n) is 13.6. The molecule has 0 aliphatic rings. The molecule has 3 aromatic heterocycles. The highest BCUT2D eigenvalue weighted by Crippen LogP contribution is 2.43. The van der Waals surface area contributed by atoms with Crippen molar-refractivity contribution in [3.8, 4) is 63.5 Å². The van der Waals surface area contributed by atoms with Crippen LogP contribution in [0.4, 0.5) is 0 Å². The van der Waals surface area contributed by atoms with E-state index in [1.54, 1.807) is 0 Å². The summed E-state index contributed by atoms with van der Waals surface area (Å²) in [6.45, 7) is 0. The van der Waals surface area contributed by atoms with E-state index in [9.17, 15) is 15.8 Å². The Morgan fingerprint density at radius 3 is 1.34 bits per heavy atom. The molecule has 7 heteroatoms. The predicted molar refractivity (Wildman–Crippen MR) is 221 cm³/mol. The molecule has 3 heterocycles. The number of fused-ring (bicyclic) bond motifs is 6. The molecule has 10 rings (SSSR count). The van der Waals surface area contributed by atoms with Gasteiger partial charge in [-0.1, -0.05) is 97.1 Å². The van der Waals surface area contributed by atoms with Crippen LogP contribution in [0, 0.1) is 34.0 Å². The third-order valence-electron chi connectivity index (χ3n) is 10.4. The zero-order chi connectivity index (χ0) is 37.8. The standard InChI is InChI=1S/C49H27N7/c50-28-31-19-21-44-38(23-31)36-15-7-9-17-42(36)55(44)46-25-33(30-52)26-47(56-43-18-10-8-16-37(43)39-24-32(29-51)20-22-45(39)56)48(46)41-27-40(34-11-3-1-4-12-34)53-49(54-41)35-13-5-2-6-14-35/h1-27H. The van der Waals surface area contributed by atoms with Crippen molar-refractivity contribution in [2.24, 2.45) is 0 Å². The van der Waals surface area contributed by atoms with Crippen LogP contribution in [0.3, 0.4) is 0 Å². The van der Waals surface area contributed by atoms with Crippen LogP contribution >= 0.6 is 0 Å². The summed E-state index contributed by atoms with van der Waals surface area (Å²) in [4.78, 5) is 10.5. The molecule has 0 spiro atoms. The molecule has 0 unspecified atom stereocenters. The van der Waals surface area contributed by atoms with Gasteiger partial charge in [0.2, 0.25) is 0 Å². The summed E-state index contributed by atoms with van der Waals surface area (Å²) in [6, 6.07) is 60.7. The summed E-state index contributed by atoms with van der Waals surface area (Å²) in [5, 5.41) is 34.4. The van der Waals surface area contributed by atoms with Gasteiger partial charge in [-0.2, -0.15) is 15.8 Å². The summed E-state index contributed by atoms with van der Waals surface area (Å²) in [5.41, 5.74) is 10.7. The first-order chi connectivity index (χ1) is 27.6. The van der Waals surface area contributed by atoms with Crippen LogP contribution in [0.5, 0.6) is 0 Å². The average molecular weight is 714 g/mol. The van der Waals surface area contributed by atoms with Crippen molar-refractivity contribution in [1.29, 1.82) is 15.8 Å². The molecule has 0 bridgehead atoms. The van der Waals surface area contributed by atoms with Crippen molar-refractivity contribution >= 4 is 43.6 Å². The number of rotatable bonds is 5. The van der Waals surface area contributed by atoms with E-state index in [1.165, 1.54) is 0 Å². The number of nitriles is 3.